The maximum Gasteiger partial charge on any atom is 0.408 e. The largest absolute Gasteiger partial charge is 0.444 e. The van der Waals surface area contributed by atoms with Crippen LogP contribution in [0.25, 0.3) is 0 Å². The predicted molar refractivity (Wildman–Crippen MR) is 111 cm³/mol. The third-order valence-electron chi connectivity index (χ3n) is 4.76. The Morgan fingerprint density at radius 2 is 1.86 bits per heavy atom. The lowest BCUT2D eigenvalue weighted by Gasteiger charge is -2.30. The molecule has 0 aliphatic carbocycles. The zero-order valence-corrected chi connectivity index (χ0v) is 17.9. The van der Waals surface area contributed by atoms with E-state index in [1.165, 1.54) is 31.5 Å². The van der Waals surface area contributed by atoms with E-state index in [9.17, 15) is 9.59 Å². The number of hydrogen-bond acceptors (Lipinski definition) is 4. The number of carbonyl (C=O) groups excluding carboxylic acids is 2. The highest BCUT2D eigenvalue weighted by Crippen LogP contribution is 2.18. The number of nitrogens with one attached hydrogen (secondary N) is 2. The van der Waals surface area contributed by atoms with Crippen molar-refractivity contribution >= 4 is 12.0 Å². The summed E-state index contributed by atoms with van der Waals surface area (Å²) in [6, 6.07) is 7.70. The van der Waals surface area contributed by atoms with Gasteiger partial charge in [-0.05, 0) is 64.1 Å². The van der Waals surface area contributed by atoms with Gasteiger partial charge in [-0.2, -0.15) is 0 Å². The van der Waals surface area contributed by atoms with E-state index in [0.29, 0.717) is 6.54 Å². The van der Waals surface area contributed by atoms with E-state index in [-0.39, 0.29) is 5.91 Å². The molecule has 1 saturated heterocycles. The Morgan fingerprint density at radius 1 is 1.21 bits per heavy atom. The number of ether oxygens (including phenoxy) is 1. The summed E-state index contributed by atoms with van der Waals surface area (Å²) in [5.74, 6) is 0.539. The van der Waals surface area contributed by atoms with Crippen molar-refractivity contribution < 1.29 is 14.3 Å². The lowest BCUT2D eigenvalue weighted by atomic mass is 9.99. The van der Waals surface area contributed by atoms with Crippen molar-refractivity contribution in [3.8, 4) is 0 Å². The van der Waals surface area contributed by atoms with Crippen molar-refractivity contribution in [2.75, 3.05) is 13.1 Å². The summed E-state index contributed by atoms with van der Waals surface area (Å²) in [5.41, 5.74) is 1.74. The van der Waals surface area contributed by atoms with Crippen LogP contribution in [0.1, 0.15) is 58.6 Å². The van der Waals surface area contributed by atoms with Crippen LogP contribution in [0.2, 0.25) is 0 Å². The fourth-order valence-electron chi connectivity index (χ4n) is 3.34. The molecule has 6 heteroatoms. The number of hydrogen-bond donors (Lipinski definition) is 2. The van der Waals surface area contributed by atoms with Crippen molar-refractivity contribution in [3.63, 3.8) is 0 Å². The van der Waals surface area contributed by atoms with Crippen molar-refractivity contribution in [2.24, 2.45) is 5.92 Å². The maximum atomic E-state index is 12.2. The van der Waals surface area contributed by atoms with Gasteiger partial charge in [-0.25, -0.2) is 4.79 Å². The van der Waals surface area contributed by atoms with E-state index < -0.39 is 17.7 Å². The molecule has 1 fully saturated rings. The molecule has 2 atom stereocenters. The van der Waals surface area contributed by atoms with Gasteiger partial charge in [-0.15, -0.1) is 0 Å². The number of nitrogens with zero attached hydrogens (tertiary/aromatic N) is 1. The van der Waals surface area contributed by atoms with Gasteiger partial charge < -0.3 is 15.4 Å². The maximum absolute atomic E-state index is 12.2. The highest BCUT2D eigenvalue weighted by molar-refractivity contribution is 5.85. The number of likely N-dealkylation sites (tertiary alicyclic amines) is 1. The Hall–Kier alpha value is -2.08. The summed E-state index contributed by atoms with van der Waals surface area (Å²) < 4.78 is 5.17. The minimum Gasteiger partial charge on any atom is -0.444 e. The molecule has 1 aliphatic heterocycles. The summed E-state index contributed by atoms with van der Waals surface area (Å²) in [4.78, 5) is 26.5. The predicted octanol–water partition coefficient (Wildman–Crippen LogP) is 3.45. The molecule has 0 radical (unpaired) electrons. The second-order valence-electron chi connectivity index (χ2n) is 8.88. The van der Waals surface area contributed by atoms with Crippen LogP contribution in [-0.2, 0) is 22.6 Å². The van der Waals surface area contributed by atoms with Crippen LogP contribution in [0.3, 0.4) is 0 Å². The summed E-state index contributed by atoms with van der Waals surface area (Å²) in [6.45, 7) is 13.1. The first-order valence-corrected chi connectivity index (χ1v) is 10.2. The fourth-order valence-corrected chi connectivity index (χ4v) is 3.34. The van der Waals surface area contributed by atoms with Crippen LogP contribution < -0.4 is 10.6 Å². The third-order valence-corrected chi connectivity index (χ3v) is 4.76. The zero-order valence-electron chi connectivity index (χ0n) is 17.9. The minimum absolute atomic E-state index is 0.239. The molecule has 1 heterocycles. The highest BCUT2D eigenvalue weighted by atomic mass is 16.6. The Bertz CT molecular complexity index is 652. The smallest absolute Gasteiger partial charge is 0.408 e. The number of benzene rings is 1. The lowest BCUT2D eigenvalue weighted by molar-refractivity contribution is -0.122. The lowest BCUT2D eigenvalue weighted by Crippen LogP contribution is -2.46. The second-order valence-corrected chi connectivity index (χ2v) is 8.88. The molecule has 6 nitrogen and oxygen atoms in total. The molecule has 0 aromatic heterocycles. The molecule has 0 spiro atoms. The number of carbonyl (C=O) groups is 2. The molecule has 2 N–H and O–H groups in total. The Balaban J connectivity index is 1.76. The Morgan fingerprint density at radius 3 is 2.46 bits per heavy atom. The molecule has 0 saturated carbocycles. The third kappa shape index (κ3) is 7.89. The molecule has 2 amide bonds. The Kier molecular flexibility index (Phi) is 7.87. The average Bonchev–Trinajstić information content (AvgIpc) is 2.59. The van der Waals surface area contributed by atoms with Gasteiger partial charge in [-0.3, -0.25) is 9.69 Å². The average molecular weight is 390 g/mol. The molecule has 28 heavy (non-hydrogen) atoms. The van der Waals surface area contributed by atoms with Gasteiger partial charge in [0, 0.05) is 19.6 Å². The van der Waals surface area contributed by atoms with Gasteiger partial charge in [-0.1, -0.05) is 31.2 Å². The van der Waals surface area contributed by atoms with E-state index in [0.717, 1.165) is 18.0 Å². The van der Waals surface area contributed by atoms with Crippen LogP contribution in [-0.4, -0.2) is 41.6 Å². The fraction of sp³-hybridized carbons (Fsp3) is 0.636. The molecule has 156 valence electrons. The summed E-state index contributed by atoms with van der Waals surface area (Å²) in [6.07, 6.45) is 2.02. The van der Waals surface area contributed by atoms with Crippen LogP contribution >= 0.6 is 0 Å². The van der Waals surface area contributed by atoms with E-state index in [2.05, 4.69) is 46.7 Å². The van der Waals surface area contributed by atoms with Gasteiger partial charge in [0.05, 0.1) is 0 Å². The molecular formula is C22H35N3O3. The van der Waals surface area contributed by atoms with E-state index >= 15 is 0 Å². The minimum atomic E-state index is -0.657. The highest BCUT2D eigenvalue weighted by Gasteiger charge is 2.21. The standard InChI is InChI=1S/C22H35N3O3/c1-16-7-6-12-25(14-16)15-19-10-8-18(9-11-19)13-23-20(26)17(2)24-21(27)28-22(3,4)5/h8-11,16-17H,6-7,12-15H2,1-5H3,(H,23,26)(H,24,27). The van der Waals surface area contributed by atoms with Crippen molar-refractivity contribution in [1.82, 2.24) is 15.5 Å². The summed E-state index contributed by atoms with van der Waals surface area (Å²) in [7, 11) is 0. The van der Waals surface area contributed by atoms with Gasteiger partial charge in [0.2, 0.25) is 5.91 Å². The van der Waals surface area contributed by atoms with Crippen molar-refractivity contribution in [3.05, 3.63) is 35.4 Å². The molecule has 0 bridgehead atoms. The van der Waals surface area contributed by atoms with E-state index in [4.69, 9.17) is 4.74 Å². The summed E-state index contributed by atoms with van der Waals surface area (Å²) in [5, 5.41) is 5.41. The monoisotopic (exact) mass is 389 g/mol. The van der Waals surface area contributed by atoms with Gasteiger partial charge in [0.25, 0.3) is 0 Å². The quantitative estimate of drug-likeness (QED) is 0.782. The van der Waals surface area contributed by atoms with Gasteiger partial charge >= 0.3 is 6.09 Å². The van der Waals surface area contributed by atoms with Crippen LogP contribution in [0.15, 0.2) is 24.3 Å². The molecule has 2 rings (SSSR count). The number of piperidine rings is 1. The molecule has 1 aromatic carbocycles. The SMILES string of the molecule is CC1CCCN(Cc2ccc(CNC(=O)C(C)NC(=O)OC(C)(C)C)cc2)C1. The molecule has 1 aromatic rings. The van der Waals surface area contributed by atoms with Gasteiger partial charge in [0.1, 0.15) is 11.6 Å². The first kappa shape index (κ1) is 22.2. The van der Waals surface area contributed by atoms with Crippen molar-refractivity contribution in [2.45, 2.75) is 72.2 Å². The summed E-state index contributed by atoms with van der Waals surface area (Å²) >= 11 is 0. The van der Waals surface area contributed by atoms with Crippen molar-refractivity contribution in [1.29, 1.82) is 0 Å². The van der Waals surface area contributed by atoms with Crippen LogP contribution in [0.4, 0.5) is 4.79 Å². The first-order chi connectivity index (χ1) is 13.1. The van der Waals surface area contributed by atoms with Crippen LogP contribution in [0, 0.1) is 5.92 Å². The number of rotatable bonds is 6. The molecular weight excluding hydrogens is 354 g/mol. The first-order valence-electron chi connectivity index (χ1n) is 10.2. The molecule has 1 aliphatic rings. The topological polar surface area (TPSA) is 70.7 Å². The Labute approximate surface area is 169 Å². The normalized spacial score (nSPS) is 19.0. The molecule has 2 unspecified atom stereocenters. The second kappa shape index (κ2) is 9.92. The number of amides is 2. The van der Waals surface area contributed by atoms with Gasteiger partial charge in [0.15, 0.2) is 0 Å². The van der Waals surface area contributed by atoms with E-state index in [1.54, 1.807) is 27.7 Å². The van der Waals surface area contributed by atoms with E-state index in [1.807, 2.05) is 0 Å². The zero-order chi connectivity index (χ0) is 20.7. The number of alkyl carbamates (subject to hydrolysis) is 1. The van der Waals surface area contributed by atoms with Crippen LogP contribution in [0.5, 0.6) is 0 Å².